The van der Waals surface area contributed by atoms with Crippen molar-refractivity contribution in [3.8, 4) is 5.75 Å². The maximum absolute atomic E-state index is 12.1. The number of fused-ring (bicyclic) bond motifs is 1. The van der Waals surface area contributed by atoms with Crippen molar-refractivity contribution in [3.05, 3.63) is 59.7 Å². The Morgan fingerprint density at radius 2 is 1.80 bits per heavy atom. The Hall–Kier alpha value is -2.82. The normalized spacial score (nSPS) is 16.4. The van der Waals surface area contributed by atoms with Crippen molar-refractivity contribution >= 4 is 17.4 Å². The highest BCUT2D eigenvalue weighted by Gasteiger charge is 2.31. The molecule has 1 aliphatic rings. The zero-order chi connectivity index (χ0) is 14.1. The van der Waals surface area contributed by atoms with Gasteiger partial charge in [0.2, 0.25) is 12.0 Å². The summed E-state index contributed by atoms with van der Waals surface area (Å²) in [6, 6.07) is 13.2. The molecule has 2 aromatic rings. The Bertz CT molecular complexity index is 679. The van der Waals surface area contributed by atoms with Crippen molar-refractivity contribution < 1.29 is 19.4 Å². The second-order valence-corrected chi connectivity index (χ2v) is 4.39. The fraction of sp³-hybridized carbons (Fsp3) is 0.0667. The lowest BCUT2D eigenvalue weighted by molar-refractivity contribution is 0.0696. The second-order valence-electron chi connectivity index (χ2n) is 4.39. The first-order valence-electron chi connectivity index (χ1n) is 6.05. The molecule has 0 radical (unpaired) electrons. The quantitative estimate of drug-likeness (QED) is 0.894. The highest BCUT2D eigenvalue weighted by Crippen LogP contribution is 2.28. The lowest BCUT2D eigenvalue weighted by Gasteiger charge is -2.13. The van der Waals surface area contributed by atoms with Crippen LogP contribution in [0.3, 0.4) is 0 Å². The maximum atomic E-state index is 12.1. The number of carboxylic acid groups (broad SMARTS) is 1. The molecule has 20 heavy (non-hydrogen) atoms. The van der Waals surface area contributed by atoms with E-state index in [1.54, 1.807) is 36.4 Å². The molecule has 0 aromatic heterocycles. The molecule has 3 rings (SSSR count). The molecule has 0 aliphatic carbocycles. The Morgan fingerprint density at radius 3 is 2.45 bits per heavy atom. The van der Waals surface area contributed by atoms with E-state index >= 15 is 0 Å². The number of rotatable bonds is 3. The van der Waals surface area contributed by atoms with Gasteiger partial charge in [-0.05, 0) is 36.4 Å². The molecular formula is C15H11NO4. The largest absolute Gasteiger partial charge is 0.478 e. The molecule has 5 nitrogen and oxygen atoms in total. The summed E-state index contributed by atoms with van der Waals surface area (Å²) in [7, 11) is 0. The summed E-state index contributed by atoms with van der Waals surface area (Å²) in [4.78, 5) is 22.9. The summed E-state index contributed by atoms with van der Waals surface area (Å²) in [5.41, 5.74) is 1.37. The van der Waals surface area contributed by atoms with Gasteiger partial charge < -0.3 is 15.2 Å². The minimum Gasteiger partial charge on any atom is -0.478 e. The predicted octanol–water partition coefficient (Wildman–Crippen LogP) is 2.40. The number of carbonyl (C=O) groups excluding carboxylic acids is 1. The van der Waals surface area contributed by atoms with Crippen molar-refractivity contribution in [1.82, 2.24) is 0 Å². The molecule has 0 fully saturated rings. The van der Waals surface area contributed by atoms with E-state index in [1.807, 2.05) is 0 Å². The van der Waals surface area contributed by atoms with Crippen LogP contribution in [0.4, 0.5) is 5.69 Å². The number of benzene rings is 2. The fourth-order valence-corrected chi connectivity index (χ4v) is 2.05. The molecular weight excluding hydrogens is 258 g/mol. The third kappa shape index (κ3) is 2.09. The van der Waals surface area contributed by atoms with Gasteiger partial charge in [0.25, 0.3) is 0 Å². The summed E-state index contributed by atoms with van der Waals surface area (Å²) in [6.07, 6.45) is -0.775. The van der Waals surface area contributed by atoms with Gasteiger partial charge in [-0.1, -0.05) is 12.1 Å². The van der Waals surface area contributed by atoms with Gasteiger partial charge in [-0.3, -0.25) is 4.79 Å². The van der Waals surface area contributed by atoms with Gasteiger partial charge in [0.05, 0.1) is 11.1 Å². The third-order valence-electron chi connectivity index (χ3n) is 3.07. The Morgan fingerprint density at radius 1 is 1.10 bits per heavy atom. The van der Waals surface area contributed by atoms with Gasteiger partial charge in [-0.25, -0.2) is 4.79 Å². The number of carboxylic acids is 1. The molecule has 0 saturated heterocycles. The average molecular weight is 269 g/mol. The molecule has 1 aliphatic heterocycles. The van der Waals surface area contributed by atoms with Crippen molar-refractivity contribution in [2.45, 2.75) is 6.23 Å². The van der Waals surface area contributed by atoms with Gasteiger partial charge in [-0.15, -0.1) is 0 Å². The summed E-state index contributed by atoms with van der Waals surface area (Å²) in [5.74, 6) is -0.572. The molecule has 100 valence electrons. The molecule has 1 heterocycles. The highest BCUT2D eigenvalue weighted by molar-refractivity contribution is 6.05. The van der Waals surface area contributed by atoms with Crippen LogP contribution in [0.1, 0.15) is 20.7 Å². The van der Waals surface area contributed by atoms with Gasteiger partial charge >= 0.3 is 5.97 Å². The number of hydrogen-bond donors (Lipinski definition) is 2. The van der Waals surface area contributed by atoms with Crippen LogP contribution in [-0.4, -0.2) is 23.1 Å². The molecule has 2 aromatic carbocycles. The topological polar surface area (TPSA) is 75.6 Å². The van der Waals surface area contributed by atoms with Gasteiger partial charge in [-0.2, -0.15) is 0 Å². The standard InChI is InChI=1S/C15H11NO4/c17-13-11-3-1-2-4-12(11)20-14(13)16-10-7-5-9(6-8-10)15(18)19/h1-8,14,16H,(H,18,19). The highest BCUT2D eigenvalue weighted by atomic mass is 16.5. The first kappa shape index (κ1) is 12.2. The maximum Gasteiger partial charge on any atom is 0.335 e. The SMILES string of the molecule is O=C(O)c1ccc(NC2Oc3ccccc3C2=O)cc1. The third-order valence-corrected chi connectivity index (χ3v) is 3.07. The van der Waals surface area contributed by atoms with Gasteiger partial charge in [0, 0.05) is 5.69 Å². The summed E-state index contributed by atoms with van der Waals surface area (Å²) in [5, 5.41) is 11.8. The van der Waals surface area contributed by atoms with Crippen LogP contribution in [-0.2, 0) is 0 Å². The minimum absolute atomic E-state index is 0.136. The summed E-state index contributed by atoms with van der Waals surface area (Å²) >= 11 is 0. The van der Waals surface area contributed by atoms with Crippen LogP contribution in [0, 0.1) is 0 Å². The predicted molar refractivity (Wildman–Crippen MR) is 72.2 cm³/mol. The molecule has 5 heteroatoms. The van der Waals surface area contributed by atoms with E-state index in [1.165, 1.54) is 12.1 Å². The number of anilines is 1. The molecule has 1 atom stereocenters. The molecule has 1 unspecified atom stereocenters. The molecule has 0 amide bonds. The van der Waals surface area contributed by atoms with E-state index in [9.17, 15) is 9.59 Å². The number of para-hydroxylation sites is 1. The van der Waals surface area contributed by atoms with Crippen LogP contribution in [0.25, 0.3) is 0 Å². The van der Waals surface area contributed by atoms with Crippen molar-refractivity contribution in [1.29, 1.82) is 0 Å². The van der Waals surface area contributed by atoms with Gasteiger partial charge in [0.1, 0.15) is 5.75 Å². The Kier molecular flexibility index (Phi) is 2.87. The zero-order valence-electron chi connectivity index (χ0n) is 10.4. The van der Waals surface area contributed by atoms with Crippen molar-refractivity contribution in [2.75, 3.05) is 5.32 Å². The Labute approximate surface area is 114 Å². The van der Waals surface area contributed by atoms with E-state index in [4.69, 9.17) is 9.84 Å². The average Bonchev–Trinajstić information content (AvgIpc) is 2.77. The number of ether oxygens (including phenoxy) is 1. The number of ketones is 1. The molecule has 0 spiro atoms. The molecule has 0 bridgehead atoms. The lowest BCUT2D eigenvalue weighted by atomic mass is 10.1. The van der Waals surface area contributed by atoms with Crippen molar-refractivity contribution in [2.24, 2.45) is 0 Å². The van der Waals surface area contributed by atoms with E-state index < -0.39 is 12.2 Å². The van der Waals surface area contributed by atoms with E-state index in [0.717, 1.165) is 0 Å². The smallest absolute Gasteiger partial charge is 0.335 e. The van der Waals surface area contributed by atoms with Crippen LogP contribution in [0.15, 0.2) is 48.5 Å². The molecule has 0 saturated carbocycles. The van der Waals surface area contributed by atoms with E-state index in [0.29, 0.717) is 17.0 Å². The fourth-order valence-electron chi connectivity index (χ4n) is 2.05. The van der Waals surface area contributed by atoms with Crippen LogP contribution in [0.5, 0.6) is 5.75 Å². The minimum atomic E-state index is -0.989. The summed E-state index contributed by atoms with van der Waals surface area (Å²) < 4.78 is 5.52. The number of hydrogen-bond acceptors (Lipinski definition) is 4. The second kappa shape index (κ2) is 4.70. The summed E-state index contributed by atoms with van der Waals surface area (Å²) in [6.45, 7) is 0. The number of carbonyl (C=O) groups is 2. The first-order chi connectivity index (χ1) is 9.65. The van der Waals surface area contributed by atoms with Crippen LogP contribution < -0.4 is 10.1 Å². The number of Topliss-reactive ketones (excluding diaryl/α,β-unsaturated/α-hetero) is 1. The van der Waals surface area contributed by atoms with Gasteiger partial charge in [0.15, 0.2) is 0 Å². The number of nitrogens with one attached hydrogen (secondary N) is 1. The monoisotopic (exact) mass is 269 g/mol. The Balaban J connectivity index is 1.77. The van der Waals surface area contributed by atoms with Crippen LogP contribution >= 0.6 is 0 Å². The first-order valence-corrected chi connectivity index (χ1v) is 6.05. The van der Waals surface area contributed by atoms with E-state index in [2.05, 4.69) is 5.32 Å². The number of aromatic carboxylic acids is 1. The zero-order valence-corrected chi connectivity index (χ0v) is 10.4. The van der Waals surface area contributed by atoms with E-state index in [-0.39, 0.29) is 11.3 Å². The lowest BCUT2D eigenvalue weighted by Crippen LogP contribution is -2.29. The molecule has 2 N–H and O–H groups in total. The van der Waals surface area contributed by atoms with Crippen molar-refractivity contribution in [3.63, 3.8) is 0 Å². The van der Waals surface area contributed by atoms with Crippen LogP contribution in [0.2, 0.25) is 0 Å².